The van der Waals surface area contributed by atoms with Gasteiger partial charge in [-0.1, -0.05) is 19.0 Å². The lowest BCUT2D eigenvalue weighted by Crippen LogP contribution is -2.35. The fourth-order valence-corrected chi connectivity index (χ4v) is 2.15. The number of amides is 1. The maximum Gasteiger partial charge on any atom is 0.292 e. The molecule has 1 unspecified atom stereocenters. The number of rotatable bonds is 6. The molecule has 0 aliphatic carbocycles. The fraction of sp³-hybridized carbons (Fsp3) is 0.769. The highest BCUT2D eigenvalue weighted by Gasteiger charge is 2.25. The van der Waals surface area contributed by atoms with Gasteiger partial charge in [0.2, 0.25) is 5.89 Å². The number of carbonyl (C=O) groups excluding carboxylic acids is 1. The van der Waals surface area contributed by atoms with Gasteiger partial charge in [-0.15, -0.1) is 0 Å². The molecular weight excluding hydrogens is 260 g/mol. The van der Waals surface area contributed by atoms with Crippen molar-refractivity contribution in [2.75, 3.05) is 19.7 Å². The van der Waals surface area contributed by atoms with Crippen molar-refractivity contribution < 1.29 is 14.4 Å². The van der Waals surface area contributed by atoms with E-state index in [2.05, 4.69) is 20.8 Å². The van der Waals surface area contributed by atoms with Crippen molar-refractivity contribution in [1.82, 2.24) is 20.8 Å². The number of nitrogens with zero attached hydrogens (tertiary/aromatic N) is 2. The molecule has 2 heterocycles. The molecule has 1 fully saturated rings. The summed E-state index contributed by atoms with van der Waals surface area (Å²) in [5.41, 5.74) is -0.163. The number of carbonyl (C=O) groups is 1. The maximum atomic E-state index is 11.9. The fourth-order valence-electron chi connectivity index (χ4n) is 2.15. The molecule has 0 aromatic carbocycles. The van der Waals surface area contributed by atoms with Crippen LogP contribution in [-0.2, 0) is 0 Å². The first-order valence-electron chi connectivity index (χ1n) is 6.98. The smallest absolute Gasteiger partial charge is 0.292 e. The van der Waals surface area contributed by atoms with Gasteiger partial charge in [0, 0.05) is 13.2 Å². The summed E-state index contributed by atoms with van der Waals surface area (Å²) in [5.74, 6) is 0.194. The van der Waals surface area contributed by atoms with Crippen LogP contribution in [0.4, 0.5) is 0 Å². The van der Waals surface area contributed by atoms with Gasteiger partial charge in [-0.05, 0) is 31.2 Å². The molecule has 0 saturated carbocycles. The van der Waals surface area contributed by atoms with Crippen molar-refractivity contribution in [3.8, 4) is 0 Å². The Balaban J connectivity index is 1.89. The van der Waals surface area contributed by atoms with Crippen LogP contribution in [0.15, 0.2) is 4.52 Å². The predicted octanol–water partition coefficient (Wildman–Crippen LogP) is 0.632. The average molecular weight is 282 g/mol. The van der Waals surface area contributed by atoms with Gasteiger partial charge < -0.3 is 20.3 Å². The van der Waals surface area contributed by atoms with Crippen LogP contribution in [-0.4, -0.2) is 40.9 Å². The van der Waals surface area contributed by atoms with Crippen molar-refractivity contribution >= 4 is 5.91 Å². The van der Waals surface area contributed by atoms with E-state index in [9.17, 15) is 4.79 Å². The molecule has 0 radical (unpaired) electrons. The van der Waals surface area contributed by atoms with E-state index in [-0.39, 0.29) is 29.8 Å². The van der Waals surface area contributed by atoms with Crippen LogP contribution in [0.1, 0.15) is 55.7 Å². The van der Waals surface area contributed by atoms with E-state index >= 15 is 0 Å². The Bertz CT molecular complexity index is 452. The van der Waals surface area contributed by atoms with E-state index < -0.39 is 0 Å². The SMILES string of the molecule is CC(C)(CCO)CNC(=O)c1noc(C2CCCN2)n1. The largest absolute Gasteiger partial charge is 0.396 e. The summed E-state index contributed by atoms with van der Waals surface area (Å²) >= 11 is 0. The number of aromatic nitrogens is 2. The third-order valence-electron chi connectivity index (χ3n) is 3.52. The molecule has 1 aromatic heterocycles. The van der Waals surface area contributed by atoms with Crippen molar-refractivity contribution in [2.45, 2.75) is 39.2 Å². The molecular formula is C13H22N4O3. The van der Waals surface area contributed by atoms with Gasteiger partial charge in [0.15, 0.2) is 0 Å². The normalized spacial score (nSPS) is 19.2. The lowest BCUT2D eigenvalue weighted by atomic mass is 9.90. The molecule has 1 aliphatic rings. The highest BCUT2D eigenvalue weighted by Crippen LogP contribution is 2.21. The second-order valence-corrected chi connectivity index (χ2v) is 5.93. The van der Waals surface area contributed by atoms with E-state index in [1.807, 2.05) is 13.8 Å². The van der Waals surface area contributed by atoms with E-state index in [1.165, 1.54) is 0 Å². The van der Waals surface area contributed by atoms with Crippen LogP contribution in [0.2, 0.25) is 0 Å². The first-order chi connectivity index (χ1) is 9.52. The molecule has 1 amide bonds. The van der Waals surface area contributed by atoms with Crippen molar-refractivity contribution in [2.24, 2.45) is 5.41 Å². The Morgan fingerprint density at radius 2 is 2.40 bits per heavy atom. The first-order valence-corrected chi connectivity index (χ1v) is 6.98. The highest BCUT2D eigenvalue weighted by molar-refractivity contribution is 5.90. The minimum atomic E-state index is -0.344. The number of nitrogens with one attached hydrogen (secondary N) is 2. The Morgan fingerprint density at radius 1 is 1.60 bits per heavy atom. The van der Waals surface area contributed by atoms with E-state index in [4.69, 9.17) is 9.63 Å². The maximum absolute atomic E-state index is 11.9. The monoisotopic (exact) mass is 282 g/mol. The third kappa shape index (κ3) is 3.77. The Morgan fingerprint density at radius 3 is 3.05 bits per heavy atom. The van der Waals surface area contributed by atoms with Crippen LogP contribution in [0.3, 0.4) is 0 Å². The number of aliphatic hydroxyl groups excluding tert-OH is 1. The van der Waals surface area contributed by atoms with Gasteiger partial charge in [0.1, 0.15) is 0 Å². The summed E-state index contributed by atoms with van der Waals surface area (Å²) in [4.78, 5) is 16.1. The van der Waals surface area contributed by atoms with Crippen molar-refractivity contribution in [3.63, 3.8) is 0 Å². The first kappa shape index (κ1) is 14.9. The molecule has 7 nitrogen and oxygen atoms in total. The van der Waals surface area contributed by atoms with E-state index in [0.29, 0.717) is 18.9 Å². The minimum Gasteiger partial charge on any atom is -0.396 e. The summed E-state index contributed by atoms with van der Waals surface area (Å²) in [5, 5.41) is 18.7. The molecule has 1 saturated heterocycles. The molecule has 3 N–H and O–H groups in total. The van der Waals surface area contributed by atoms with Gasteiger partial charge in [-0.2, -0.15) is 4.98 Å². The minimum absolute atomic E-state index is 0.0634. The molecule has 1 aromatic rings. The quantitative estimate of drug-likeness (QED) is 0.707. The number of hydrogen-bond acceptors (Lipinski definition) is 6. The molecule has 0 bridgehead atoms. The van der Waals surface area contributed by atoms with Gasteiger partial charge in [-0.25, -0.2) is 0 Å². The summed E-state index contributed by atoms with van der Waals surface area (Å²) < 4.78 is 5.12. The van der Waals surface area contributed by atoms with Crippen LogP contribution >= 0.6 is 0 Å². The zero-order chi connectivity index (χ0) is 14.6. The molecule has 1 aliphatic heterocycles. The Hall–Kier alpha value is -1.47. The summed E-state index contributed by atoms with van der Waals surface area (Å²) in [6.07, 6.45) is 2.65. The number of aliphatic hydroxyl groups is 1. The zero-order valence-corrected chi connectivity index (χ0v) is 12.0. The van der Waals surface area contributed by atoms with Crippen LogP contribution in [0, 0.1) is 5.41 Å². The van der Waals surface area contributed by atoms with Gasteiger partial charge in [-0.3, -0.25) is 4.79 Å². The predicted molar refractivity (Wildman–Crippen MR) is 72.1 cm³/mol. The van der Waals surface area contributed by atoms with Crippen LogP contribution in [0.5, 0.6) is 0 Å². The standard InChI is InChI=1S/C13H22N4O3/c1-13(2,5-7-18)8-15-11(19)10-16-12(20-17-10)9-4-3-6-14-9/h9,14,18H,3-8H2,1-2H3,(H,15,19). The molecule has 2 rings (SSSR count). The van der Waals surface area contributed by atoms with Gasteiger partial charge in [0.05, 0.1) is 6.04 Å². The number of hydrogen-bond donors (Lipinski definition) is 3. The summed E-state index contributed by atoms with van der Waals surface area (Å²) in [7, 11) is 0. The highest BCUT2D eigenvalue weighted by atomic mass is 16.5. The lowest BCUT2D eigenvalue weighted by molar-refractivity contribution is 0.0915. The molecule has 1 atom stereocenters. The third-order valence-corrected chi connectivity index (χ3v) is 3.52. The topological polar surface area (TPSA) is 100 Å². The van der Waals surface area contributed by atoms with E-state index in [0.717, 1.165) is 19.4 Å². The summed E-state index contributed by atoms with van der Waals surface area (Å²) in [6, 6.07) is 0.0647. The molecule has 20 heavy (non-hydrogen) atoms. The van der Waals surface area contributed by atoms with Crippen molar-refractivity contribution in [1.29, 1.82) is 0 Å². The Labute approximate surface area is 118 Å². The average Bonchev–Trinajstić information content (AvgIpc) is 3.06. The van der Waals surface area contributed by atoms with Crippen LogP contribution < -0.4 is 10.6 Å². The second-order valence-electron chi connectivity index (χ2n) is 5.93. The van der Waals surface area contributed by atoms with Crippen molar-refractivity contribution in [3.05, 3.63) is 11.7 Å². The summed E-state index contributed by atoms with van der Waals surface area (Å²) in [6.45, 7) is 5.45. The Kier molecular flexibility index (Phi) is 4.72. The van der Waals surface area contributed by atoms with E-state index in [1.54, 1.807) is 0 Å². The molecule has 0 spiro atoms. The van der Waals surface area contributed by atoms with Gasteiger partial charge in [0.25, 0.3) is 11.7 Å². The second kappa shape index (κ2) is 6.32. The van der Waals surface area contributed by atoms with Gasteiger partial charge >= 0.3 is 0 Å². The zero-order valence-electron chi connectivity index (χ0n) is 12.0. The lowest BCUT2D eigenvalue weighted by Gasteiger charge is -2.23. The molecule has 7 heteroatoms. The van der Waals surface area contributed by atoms with Crippen LogP contribution in [0.25, 0.3) is 0 Å². The molecule has 112 valence electrons.